The number of nitrogens with zero attached hydrogens (tertiary/aromatic N) is 1. The van der Waals surface area contributed by atoms with Gasteiger partial charge in [-0.05, 0) is 24.3 Å². The molecule has 0 aliphatic rings. The number of aromatic hydroxyl groups is 1. The number of hydrogen-bond acceptors (Lipinski definition) is 3. The van der Waals surface area contributed by atoms with Crippen molar-refractivity contribution in [2.24, 2.45) is 0 Å². The van der Waals surface area contributed by atoms with Crippen molar-refractivity contribution in [2.45, 2.75) is 0 Å². The number of imidazole rings is 1. The Morgan fingerprint density at radius 2 is 2.07 bits per heavy atom. The topological polar surface area (TPSA) is 81.8 Å². The lowest BCUT2D eigenvalue weighted by Crippen LogP contribution is -1.99. The molecular weight excluding hydrogens is 194 g/mol. The van der Waals surface area contributed by atoms with Gasteiger partial charge in [0.15, 0.2) is 5.65 Å². The predicted octanol–water partition coefficient (Wildman–Crippen LogP) is 1.11. The van der Waals surface area contributed by atoms with Gasteiger partial charge in [0, 0.05) is 5.39 Å². The molecule has 74 valence electrons. The fourth-order valence-electron chi connectivity index (χ4n) is 1.62. The molecule has 0 unspecified atom stereocenters. The number of H-pyrrole nitrogens is 2. The fourth-order valence-corrected chi connectivity index (χ4v) is 1.62. The van der Waals surface area contributed by atoms with E-state index in [2.05, 4.69) is 15.0 Å². The van der Waals surface area contributed by atoms with Crippen LogP contribution in [0.3, 0.4) is 0 Å². The summed E-state index contributed by atoms with van der Waals surface area (Å²) >= 11 is 0. The van der Waals surface area contributed by atoms with E-state index in [4.69, 9.17) is 0 Å². The lowest BCUT2D eigenvalue weighted by Gasteiger charge is -1.97. The molecule has 3 N–H and O–H groups in total. The van der Waals surface area contributed by atoms with E-state index in [1.807, 2.05) is 0 Å². The van der Waals surface area contributed by atoms with Crippen LogP contribution in [0.25, 0.3) is 22.1 Å². The normalized spacial score (nSPS) is 11.2. The first-order chi connectivity index (χ1) is 7.22. The molecule has 0 saturated carbocycles. The second-order valence-corrected chi connectivity index (χ2v) is 3.34. The van der Waals surface area contributed by atoms with Crippen molar-refractivity contribution in [1.29, 1.82) is 0 Å². The summed E-state index contributed by atoms with van der Waals surface area (Å²) in [7, 11) is 0. The van der Waals surface area contributed by atoms with Crippen LogP contribution in [0.5, 0.6) is 5.75 Å². The van der Waals surface area contributed by atoms with Gasteiger partial charge in [0.25, 0.3) is 0 Å². The summed E-state index contributed by atoms with van der Waals surface area (Å²) in [6.07, 6.45) is 0. The Morgan fingerprint density at radius 1 is 1.20 bits per heavy atom. The van der Waals surface area contributed by atoms with E-state index in [1.165, 1.54) is 0 Å². The van der Waals surface area contributed by atoms with Gasteiger partial charge in [0.1, 0.15) is 5.75 Å². The minimum atomic E-state index is -0.281. The minimum absolute atomic E-state index is 0.182. The highest BCUT2D eigenvalue weighted by Crippen LogP contribution is 2.20. The van der Waals surface area contributed by atoms with Crippen molar-refractivity contribution in [3.63, 3.8) is 0 Å². The van der Waals surface area contributed by atoms with Crippen molar-refractivity contribution in [3.8, 4) is 5.75 Å². The molecule has 0 radical (unpaired) electrons. The molecule has 2 heterocycles. The number of phenols is 1. The molecule has 3 rings (SSSR count). The Hall–Kier alpha value is -2.30. The van der Waals surface area contributed by atoms with Crippen molar-refractivity contribution in [2.75, 3.05) is 0 Å². The maximum Gasteiger partial charge on any atom is 0.325 e. The van der Waals surface area contributed by atoms with E-state index in [0.29, 0.717) is 11.2 Å². The molecule has 1 aromatic carbocycles. The lowest BCUT2D eigenvalue weighted by molar-refractivity contribution is 0.476. The molecule has 0 amide bonds. The summed E-state index contributed by atoms with van der Waals surface area (Å²) < 4.78 is 0. The Kier molecular flexibility index (Phi) is 1.39. The molecule has 5 heteroatoms. The van der Waals surface area contributed by atoms with Gasteiger partial charge in [-0.15, -0.1) is 0 Å². The number of benzene rings is 1. The van der Waals surface area contributed by atoms with Gasteiger partial charge < -0.3 is 10.1 Å². The van der Waals surface area contributed by atoms with Crippen LogP contribution in [0, 0.1) is 0 Å². The van der Waals surface area contributed by atoms with Crippen molar-refractivity contribution in [3.05, 3.63) is 34.7 Å². The standard InChI is InChI=1S/C10H7N3O2/c14-6-1-2-7-5(3-6)4-8-9(11-7)13-10(15)12-8/h1-4,14H,(H2,11,12,13,15). The predicted molar refractivity (Wildman–Crippen MR) is 55.9 cm³/mol. The highest BCUT2D eigenvalue weighted by Gasteiger charge is 2.02. The second kappa shape index (κ2) is 2.60. The van der Waals surface area contributed by atoms with Gasteiger partial charge in [0.2, 0.25) is 0 Å². The summed E-state index contributed by atoms with van der Waals surface area (Å²) in [4.78, 5) is 20.5. The maximum absolute atomic E-state index is 11.0. The van der Waals surface area contributed by atoms with Crippen LogP contribution in [0.4, 0.5) is 0 Å². The number of phenolic OH excluding ortho intramolecular Hbond substituents is 1. The van der Waals surface area contributed by atoms with Crippen LogP contribution in [0.1, 0.15) is 0 Å². The summed E-state index contributed by atoms with van der Waals surface area (Å²) in [6.45, 7) is 0. The molecule has 2 aromatic heterocycles. The molecule has 0 saturated heterocycles. The molecule has 0 aliphatic heterocycles. The SMILES string of the molecule is O=c1[nH]c2cc3cc(O)ccc3nc2[nH]1. The molecule has 0 fully saturated rings. The molecule has 3 aromatic rings. The fraction of sp³-hybridized carbons (Fsp3) is 0. The molecule has 0 spiro atoms. The summed E-state index contributed by atoms with van der Waals surface area (Å²) in [6, 6.07) is 6.64. The van der Waals surface area contributed by atoms with E-state index in [9.17, 15) is 9.90 Å². The van der Waals surface area contributed by atoms with Gasteiger partial charge in [-0.25, -0.2) is 9.78 Å². The average Bonchev–Trinajstić information content (AvgIpc) is 2.53. The molecule has 5 nitrogen and oxygen atoms in total. The molecule has 0 aliphatic carbocycles. The quantitative estimate of drug-likeness (QED) is 0.509. The van der Waals surface area contributed by atoms with Crippen LogP contribution in [-0.4, -0.2) is 20.1 Å². The summed E-state index contributed by atoms with van der Waals surface area (Å²) in [5, 5.41) is 10.1. The highest BCUT2D eigenvalue weighted by molar-refractivity contribution is 5.89. The largest absolute Gasteiger partial charge is 0.508 e. The van der Waals surface area contributed by atoms with Crippen LogP contribution in [-0.2, 0) is 0 Å². The number of nitrogens with one attached hydrogen (secondary N) is 2. The van der Waals surface area contributed by atoms with Gasteiger partial charge >= 0.3 is 5.69 Å². The first kappa shape index (κ1) is 8.05. The smallest absolute Gasteiger partial charge is 0.325 e. The third-order valence-corrected chi connectivity index (χ3v) is 2.28. The van der Waals surface area contributed by atoms with Crippen LogP contribution < -0.4 is 5.69 Å². The van der Waals surface area contributed by atoms with E-state index in [1.54, 1.807) is 24.3 Å². The maximum atomic E-state index is 11.0. The number of fused-ring (bicyclic) bond motifs is 2. The van der Waals surface area contributed by atoms with Gasteiger partial charge in [0.05, 0.1) is 11.0 Å². The van der Waals surface area contributed by atoms with Crippen LogP contribution in [0.15, 0.2) is 29.1 Å². The van der Waals surface area contributed by atoms with E-state index in [-0.39, 0.29) is 11.4 Å². The monoisotopic (exact) mass is 201 g/mol. The summed E-state index contributed by atoms with van der Waals surface area (Å²) in [5.41, 5.74) is 1.61. The molecule has 0 bridgehead atoms. The average molecular weight is 201 g/mol. The van der Waals surface area contributed by atoms with Crippen molar-refractivity contribution < 1.29 is 5.11 Å². The second-order valence-electron chi connectivity index (χ2n) is 3.34. The zero-order chi connectivity index (χ0) is 10.4. The third kappa shape index (κ3) is 1.17. The third-order valence-electron chi connectivity index (χ3n) is 2.28. The zero-order valence-electron chi connectivity index (χ0n) is 7.61. The number of aromatic amines is 2. The molecule has 15 heavy (non-hydrogen) atoms. The van der Waals surface area contributed by atoms with Gasteiger partial charge in [-0.1, -0.05) is 0 Å². The van der Waals surface area contributed by atoms with E-state index in [0.717, 1.165) is 10.9 Å². The van der Waals surface area contributed by atoms with Gasteiger partial charge in [-0.2, -0.15) is 0 Å². The highest BCUT2D eigenvalue weighted by atomic mass is 16.3. The Morgan fingerprint density at radius 3 is 2.93 bits per heavy atom. The molecular formula is C10H7N3O2. The Balaban J connectivity index is 2.51. The van der Waals surface area contributed by atoms with Crippen LogP contribution >= 0.6 is 0 Å². The van der Waals surface area contributed by atoms with Gasteiger partial charge in [-0.3, -0.25) is 4.98 Å². The minimum Gasteiger partial charge on any atom is -0.508 e. The lowest BCUT2D eigenvalue weighted by atomic mass is 10.2. The van der Waals surface area contributed by atoms with E-state index < -0.39 is 0 Å². The first-order valence-corrected chi connectivity index (χ1v) is 4.44. The van der Waals surface area contributed by atoms with Crippen molar-refractivity contribution >= 4 is 22.1 Å². The van der Waals surface area contributed by atoms with Crippen LogP contribution in [0.2, 0.25) is 0 Å². The molecule has 0 atom stereocenters. The summed E-state index contributed by atoms with van der Waals surface area (Å²) in [5.74, 6) is 0.182. The number of aromatic nitrogens is 3. The first-order valence-electron chi connectivity index (χ1n) is 4.44. The Labute approximate surface area is 83.4 Å². The van der Waals surface area contributed by atoms with Crippen molar-refractivity contribution in [1.82, 2.24) is 15.0 Å². The Bertz CT molecular complexity index is 711. The number of hydrogen-bond donors (Lipinski definition) is 3. The zero-order valence-corrected chi connectivity index (χ0v) is 7.61. The number of pyridine rings is 1. The van der Waals surface area contributed by atoms with E-state index >= 15 is 0 Å². The number of rotatable bonds is 0.